The Morgan fingerprint density at radius 1 is 0.275 bits per heavy atom. The summed E-state index contributed by atoms with van der Waals surface area (Å²) < 4.78 is 16.9. The monoisotopic (exact) mass is 973 g/mol. The molecule has 6 heteroatoms. The molecule has 0 N–H and O–H groups in total. The fourth-order valence-electron chi connectivity index (χ4n) is 9.56. The molecule has 408 valence electrons. The molecule has 1 atom stereocenters. The van der Waals surface area contributed by atoms with E-state index in [4.69, 9.17) is 14.2 Å². The van der Waals surface area contributed by atoms with Gasteiger partial charge in [0.1, 0.15) is 13.2 Å². The van der Waals surface area contributed by atoms with Crippen LogP contribution in [0, 0.1) is 0 Å². The second-order valence-corrected chi connectivity index (χ2v) is 21.3. The molecule has 6 nitrogen and oxygen atoms in total. The highest BCUT2D eigenvalue weighted by Crippen LogP contribution is 2.18. The molecule has 0 aromatic rings. The van der Waals surface area contributed by atoms with Crippen LogP contribution in [0.2, 0.25) is 0 Å². The summed E-state index contributed by atoms with van der Waals surface area (Å²) in [5.74, 6) is -0.840. The third-order valence-corrected chi connectivity index (χ3v) is 14.3. The molecule has 0 aliphatic carbocycles. The molecule has 0 amide bonds. The van der Waals surface area contributed by atoms with Crippen molar-refractivity contribution >= 4 is 17.9 Å². The van der Waals surface area contributed by atoms with E-state index < -0.39 is 6.10 Å². The van der Waals surface area contributed by atoms with Crippen molar-refractivity contribution in [3.8, 4) is 0 Å². The summed E-state index contributed by atoms with van der Waals surface area (Å²) in [5.41, 5.74) is 0. The maximum Gasteiger partial charge on any atom is 0.306 e. The van der Waals surface area contributed by atoms with E-state index in [1.54, 1.807) is 0 Å². The van der Waals surface area contributed by atoms with Crippen LogP contribution >= 0.6 is 0 Å². The second kappa shape index (κ2) is 58.7. The lowest BCUT2D eigenvalue weighted by Crippen LogP contribution is -2.30. The molecule has 0 spiro atoms. The lowest BCUT2D eigenvalue weighted by Gasteiger charge is -2.18. The van der Waals surface area contributed by atoms with Crippen LogP contribution in [0.3, 0.4) is 0 Å². The van der Waals surface area contributed by atoms with Gasteiger partial charge >= 0.3 is 17.9 Å². The predicted octanol–water partition coefficient (Wildman–Crippen LogP) is 20.9. The fourth-order valence-corrected chi connectivity index (χ4v) is 9.56. The van der Waals surface area contributed by atoms with E-state index in [1.165, 1.54) is 257 Å². The van der Waals surface area contributed by atoms with Crippen LogP contribution in [0.15, 0.2) is 12.2 Å². The van der Waals surface area contributed by atoms with Crippen LogP contribution < -0.4 is 0 Å². The smallest absolute Gasteiger partial charge is 0.306 e. The predicted molar refractivity (Wildman–Crippen MR) is 298 cm³/mol. The van der Waals surface area contributed by atoms with E-state index in [0.717, 1.165) is 57.8 Å². The average molecular weight is 974 g/mol. The first-order valence-electron chi connectivity index (χ1n) is 31.2. The standard InChI is InChI=1S/C63H120O6/c1-4-7-10-13-16-19-21-23-25-27-28-29-30-31-32-33-34-36-37-39-41-44-47-50-53-56-62(65)68-59-60(58-67-61(64)55-52-49-46-43-18-15-12-9-6-3)69-63(66)57-54-51-48-45-42-40-38-35-26-24-22-20-17-14-11-8-5-2/h27-28,60H,4-26,29-59H2,1-3H3/b28-27-. The zero-order valence-corrected chi connectivity index (χ0v) is 46.9. The Balaban J connectivity index is 4.13. The number of hydrogen-bond acceptors (Lipinski definition) is 6. The first kappa shape index (κ1) is 67.1. The molecule has 69 heavy (non-hydrogen) atoms. The number of ether oxygens (including phenoxy) is 3. The Hall–Kier alpha value is -1.85. The normalized spacial score (nSPS) is 12.0. The Morgan fingerprint density at radius 3 is 0.725 bits per heavy atom. The van der Waals surface area contributed by atoms with Gasteiger partial charge in [0.25, 0.3) is 0 Å². The minimum Gasteiger partial charge on any atom is -0.462 e. The number of carbonyl (C=O) groups is 3. The van der Waals surface area contributed by atoms with Crippen molar-refractivity contribution in [1.29, 1.82) is 0 Å². The molecular weight excluding hydrogens is 853 g/mol. The summed E-state index contributed by atoms with van der Waals surface area (Å²) >= 11 is 0. The zero-order chi connectivity index (χ0) is 50.0. The van der Waals surface area contributed by atoms with Crippen molar-refractivity contribution in [3.05, 3.63) is 12.2 Å². The van der Waals surface area contributed by atoms with E-state index in [9.17, 15) is 14.4 Å². The van der Waals surface area contributed by atoms with Gasteiger partial charge in [0, 0.05) is 19.3 Å². The molecule has 0 fully saturated rings. The van der Waals surface area contributed by atoms with Crippen molar-refractivity contribution in [2.24, 2.45) is 0 Å². The number of esters is 3. The first-order chi connectivity index (χ1) is 34.0. The third-order valence-electron chi connectivity index (χ3n) is 14.3. The highest BCUT2D eigenvalue weighted by Gasteiger charge is 2.19. The van der Waals surface area contributed by atoms with Gasteiger partial charge in [-0.3, -0.25) is 14.4 Å². The van der Waals surface area contributed by atoms with E-state index >= 15 is 0 Å². The summed E-state index contributed by atoms with van der Waals surface area (Å²) in [7, 11) is 0. The summed E-state index contributed by atoms with van der Waals surface area (Å²) in [5, 5.41) is 0. The molecule has 0 rings (SSSR count). The first-order valence-corrected chi connectivity index (χ1v) is 31.2. The van der Waals surface area contributed by atoms with Gasteiger partial charge in [-0.05, 0) is 44.9 Å². The number of allylic oxidation sites excluding steroid dienone is 2. The van der Waals surface area contributed by atoms with Crippen molar-refractivity contribution < 1.29 is 28.6 Å². The van der Waals surface area contributed by atoms with Crippen LogP contribution in [0.1, 0.15) is 355 Å². The van der Waals surface area contributed by atoms with Gasteiger partial charge in [-0.15, -0.1) is 0 Å². The Morgan fingerprint density at radius 2 is 0.478 bits per heavy atom. The van der Waals surface area contributed by atoms with E-state index in [1.807, 2.05) is 0 Å². The van der Waals surface area contributed by atoms with Crippen LogP contribution in [0.25, 0.3) is 0 Å². The van der Waals surface area contributed by atoms with E-state index in [-0.39, 0.29) is 31.1 Å². The topological polar surface area (TPSA) is 78.9 Å². The molecule has 0 aliphatic heterocycles. The van der Waals surface area contributed by atoms with Crippen molar-refractivity contribution in [2.75, 3.05) is 13.2 Å². The second-order valence-electron chi connectivity index (χ2n) is 21.3. The van der Waals surface area contributed by atoms with Crippen LogP contribution in [-0.4, -0.2) is 37.2 Å². The largest absolute Gasteiger partial charge is 0.462 e. The Bertz CT molecular complexity index is 1070. The summed E-state index contributed by atoms with van der Waals surface area (Å²) in [6.07, 6.45) is 68.0. The van der Waals surface area contributed by atoms with Crippen LogP contribution in [0.5, 0.6) is 0 Å². The quantitative estimate of drug-likeness (QED) is 0.0261. The SMILES string of the molecule is CCCCCCCCCC/C=C\CCCCCCCCCCCCCCCC(=O)OCC(COC(=O)CCCCCCCCCCC)OC(=O)CCCCCCCCCCCCCCCCCCC. The summed E-state index contributed by atoms with van der Waals surface area (Å²) in [4.78, 5) is 38.1. The molecule has 0 saturated carbocycles. The van der Waals surface area contributed by atoms with Gasteiger partial charge in [0.15, 0.2) is 6.10 Å². The molecule has 0 aromatic carbocycles. The van der Waals surface area contributed by atoms with Crippen LogP contribution in [0.4, 0.5) is 0 Å². The van der Waals surface area contributed by atoms with Gasteiger partial charge in [0.05, 0.1) is 0 Å². The Kier molecular flexibility index (Phi) is 57.1. The molecule has 0 radical (unpaired) electrons. The highest BCUT2D eigenvalue weighted by molar-refractivity contribution is 5.71. The molecule has 1 unspecified atom stereocenters. The van der Waals surface area contributed by atoms with Gasteiger partial charge in [-0.2, -0.15) is 0 Å². The van der Waals surface area contributed by atoms with E-state index in [2.05, 4.69) is 32.9 Å². The van der Waals surface area contributed by atoms with Gasteiger partial charge in [0.2, 0.25) is 0 Å². The molecular formula is C63H120O6. The zero-order valence-electron chi connectivity index (χ0n) is 46.9. The molecule has 0 saturated heterocycles. The number of hydrogen-bond donors (Lipinski definition) is 0. The molecule has 0 bridgehead atoms. The minimum atomic E-state index is -0.763. The van der Waals surface area contributed by atoms with Crippen molar-refractivity contribution in [1.82, 2.24) is 0 Å². The fraction of sp³-hybridized carbons (Fsp3) is 0.921. The van der Waals surface area contributed by atoms with Gasteiger partial charge in [-0.1, -0.05) is 303 Å². The number of rotatable bonds is 58. The minimum absolute atomic E-state index is 0.0638. The van der Waals surface area contributed by atoms with Crippen molar-refractivity contribution in [3.63, 3.8) is 0 Å². The molecule has 0 aromatic heterocycles. The summed E-state index contributed by atoms with van der Waals surface area (Å²) in [6, 6.07) is 0. The lowest BCUT2D eigenvalue weighted by molar-refractivity contribution is -0.167. The van der Waals surface area contributed by atoms with Crippen molar-refractivity contribution in [2.45, 2.75) is 361 Å². The number of carbonyl (C=O) groups excluding carboxylic acids is 3. The Labute approximate surface area is 431 Å². The molecule has 0 aliphatic rings. The number of unbranched alkanes of at least 4 members (excludes halogenated alkanes) is 45. The third kappa shape index (κ3) is 56.9. The average Bonchev–Trinajstić information content (AvgIpc) is 3.35. The highest BCUT2D eigenvalue weighted by atomic mass is 16.6. The van der Waals surface area contributed by atoms with Crippen LogP contribution in [-0.2, 0) is 28.6 Å². The molecule has 0 heterocycles. The van der Waals surface area contributed by atoms with E-state index in [0.29, 0.717) is 19.3 Å². The summed E-state index contributed by atoms with van der Waals surface area (Å²) in [6.45, 7) is 6.69. The maximum absolute atomic E-state index is 12.8. The van der Waals surface area contributed by atoms with Gasteiger partial charge < -0.3 is 14.2 Å². The maximum atomic E-state index is 12.8. The van der Waals surface area contributed by atoms with Gasteiger partial charge in [-0.25, -0.2) is 0 Å². The lowest BCUT2D eigenvalue weighted by atomic mass is 10.0.